The minimum atomic E-state index is -0.456. The second kappa shape index (κ2) is 6.28. The Kier molecular flexibility index (Phi) is 4.18. The van der Waals surface area contributed by atoms with Crippen LogP contribution in [-0.4, -0.2) is 19.9 Å². The molecule has 8 heteroatoms. The number of rotatable bonds is 3. The zero-order valence-electron chi connectivity index (χ0n) is 11.5. The minimum Gasteiger partial charge on any atom is -0.262 e. The second-order valence-electron chi connectivity index (χ2n) is 4.55. The van der Waals surface area contributed by atoms with Gasteiger partial charge < -0.3 is 0 Å². The Morgan fingerprint density at radius 1 is 1.09 bits per heavy atom. The van der Waals surface area contributed by atoms with E-state index in [0.29, 0.717) is 32.7 Å². The van der Waals surface area contributed by atoms with Gasteiger partial charge in [0, 0.05) is 36.3 Å². The Bertz CT molecular complexity index is 882. The molecule has 0 bridgehead atoms. The average Bonchev–Trinajstić information content (AvgIpc) is 2.55. The van der Waals surface area contributed by atoms with Gasteiger partial charge in [0.2, 0.25) is 0 Å². The Hall–Kier alpha value is -2.57. The minimum absolute atomic E-state index is 0.0114. The van der Waals surface area contributed by atoms with Gasteiger partial charge in [-0.15, -0.1) is 0 Å². The first-order valence-corrected chi connectivity index (χ1v) is 7.19. The normalized spacial score (nSPS) is 10.5. The molecule has 1 aromatic carbocycles. The molecule has 0 saturated carbocycles. The lowest BCUT2D eigenvalue weighted by Gasteiger charge is -2.07. The molecule has 2 heterocycles. The number of nitro benzene ring substituents is 1. The van der Waals surface area contributed by atoms with Crippen LogP contribution >= 0.6 is 23.2 Å². The van der Waals surface area contributed by atoms with Crippen molar-refractivity contribution in [2.75, 3.05) is 0 Å². The van der Waals surface area contributed by atoms with Crippen molar-refractivity contribution in [3.05, 3.63) is 69.1 Å². The van der Waals surface area contributed by atoms with Gasteiger partial charge in [-0.2, -0.15) is 0 Å². The molecule has 3 aromatic rings. The molecular formula is C15H8Cl2N4O2. The van der Waals surface area contributed by atoms with E-state index < -0.39 is 4.92 Å². The van der Waals surface area contributed by atoms with Crippen molar-refractivity contribution in [3.8, 4) is 22.6 Å². The van der Waals surface area contributed by atoms with Gasteiger partial charge in [-0.1, -0.05) is 35.3 Å². The fraction of sp³-hybridized carbons (Fsp3) is 0. The molecule has 0 aliphatic heterocycles. The van der Waals surface area contributed by atoms with E-state index in [2.05, 4.69) is 15.0 Å². The quantitative estimate of drug-likeness (QED) is 0.517. The van der Waals surface area contributed by atoms with Gasteiger partial charge in [0.25, 0.3) is 5.69 Å². The van der Waals surface area contributed by atoms with Gasteiger partial charge in [-0.25, -0.2) is 9.97 Å². The van der Waals surface area contributed by atoms with Gasteiger partial charge >= 0.3 is 0 Å². The maximum atomic E-state index is 10.9. The predicted octanol–water partition coefficient (Wildman–Crippen LogP) is 4.42. The summed E-state index contributed by atoms with van der Waals surface area (Å²) in [6.45, 7) is 0. The number of non-ortho nitro benzene ring substituents is 1. The summed E-state index contributed by atoms with van der Waals surface area (Å²) in [7, 11) is 0. The largest absolute Gasteiger partial charge is 0.270 e. The van der Waals surface area contributed by atoms with Crippen LogP contribution < -0.4 is 0 Å². The molecule has 0 fully saturated rings. The Morgan fingerprint density at radius 2 is 1.83 bits per heavy atom. The summed E-state index contributed by atoms with van der Waals surface area (Å²) in [6, 6.07) is 7.85. The first-order chi connectivity index (χ1) is 11.1. The van der Waals surface area contributed by atoms with Crippen LogP contribution in [0.15, 0.2) is 48.9 Å². The molecule has 2 aromatic heterocycles. The molecule has 0 atom stereocenters. The standard InChI is InChI=1S/C15H8Cl2N4O2/c16-11-7-18-8-12(17)14(11)15-19-5-4-13(20-15)9-2-1-3-10(6-9)21(22)23/h1-8H. The van der Waals surface area contributed by atoms with E-state index in [9.17, 15) is 10.1 Å². The maximum Gasteiger partial charge on any atom is 0.270 e. The summed E-state index contributed by atoms with van der Waals surface area (Å²) in [6.07, 6.45) is 4.45. The summed E-state index contributed by atoms with van der Waals surface area (Å²) in [5, 5.41) is 11.5. The predicted molar refractivity (Wildman–Crippen MR) is 87.4 cm³/mol. The molecule has 0 spiro atoms. The summed E-state index contributed by atoms with van der Waals surface area (Å²) >= 11 is 12.2. The highest BCUT2D eigenvalue weighted by Gasteiger charge is 2.14. The molecule has 0 amide bonds. The van der Waals surface area contributed by atoms with Crippen LogP contribution in [0.25, 0.3) is 22.6 Å². The molecule has 0 saturated heterocycles. The van der Waals surface area contributed by atoms with Crippen molar-refractivity contribution in [3.63, 3.8) is 0 Å². The van der Waals surface area contributed by atoms with Gasteiger partial charge in [0.05, 0.1) is 26.2 Å². The number of pyridine rings is 1. The van der Waals surface area contributed by atoms with Crippen molar-refractivity contribution >= 4 is 28.9 Å². The molecule has 23 heavy (non-hydrogen) atoms. The number of nitrogens with zero attached hydrogens (tertiary/aromatic N) is 4. The van der Waals surface area contributed by atoms with Gasteiger partial charge in [-0.3, -0.25) is 15.1 Å². The fourth-order valence-electron chi connectivity index (χ4n) is 2.04. The highest BCUT2D eigenvalue weighted by atomic mass is 35.5. The van der Waals surface area contributed by atoms with Crippen molar-refractivity contribution in [1.82, 2.24) is 15.0 Å². The lowest BCUT2D eigenvalue weighted by Crippen LogP contribution is -1.94. The first-order valence-electron chi connectivity index (χ1n) is 6.43. The van der Waals surface area contributed by atoms with E-state index in [1.165, 1.54) is 24.5 Å². The number of halogens is 2. The molecule has 114 valence electrons. The van der Waals surface area contributed by atoms with Crippen molar-refractivity contribution in [2.24, 2.45) is 0 Å². The van der Waals surface area contributed by atoms with E-state index in [1.807, 2.05) is 0 Å². The third kappa shape index (κ3) is 3.13. The van der Waals surface area contributed by atoms with Crippen molar-refractivity contribution in [2.45, 2.75) is 0 Å². The second-order valence-corrected chi connectivity index (χ2v) is 5.37. The maximum absolute atomic E-state index is 10.9. The highest BCUT2D eigenvalue weighted by molar-refractivity contribution is 6.38. The monoisotopic (exact) mass is 346 g/mol. The Labute approximate surface area is 140 Å². The zero-order valence-corrected chi connectivity index (χ0v) is 13.0. The fourth-order valence-corrected chi connectivity index (χ4v) is 2.58. The molecule has 0 radical (unpaired) electrons. The Balaban J connectivity index is 2.11. The average molecular weight is 347 g/mol. The molecular weight excluding hydrogens is 339 g/mol. The van der Waals surface area contributed by atoms with Crippen LogP contribution in [-0.2, 0) is 0 Å². The molecule has 0 unspecified atom stereocenters. The summed E-state index contributed by atoms with van der Waals surface area (Å²) in [5.74, 6) is 0.325. The number of aromatic nitrogens is 3. The van der Waals surface area contributed by atoms with E-state index in [-0.39, 0.29) is 5.69 Å². The highest BCUT2D eigenvalue weighted by Crippen LogP contribution is 2.32. The summed E-state index contributed by atoms with van der Waals surface area (Å²) in [4.78, 5) is 22.9. The number of hydrogen-bond donors (Lipinski definition) is 0. The van der Waals surface area contributed by atoms with E-state index in [4.69, 9.17) is 23.2 Å². The molecule has 0 aliphatic carbocycles. The van der Waals surface area contributed by atoms with Crippen LogP contribution in [0, 0.1) is 10.1 Å². The zero-order chi connectivity index (χ0) is 16.4. The smallest absolute Gasteiger partial charge is 0.262 e. The number of benzene rings is 1. The van der Waals surface area contributed by atoms with Crippen molar-refractivity contribution in [1.29, 1.82) is 0 Å². The lowest BCUT2D eigenvalue weighted by molar-refractivity contribution is -0.384. The van der Waals surface area contributed by atoms with Crippen LogP contribution in [0.5, 0.6) is 0 Å². The van der Waals surface area contributed by atoms with Crippen molar-refractivity contribution < 1.29 is 4.92 Å². The van der Waals surface area contributed by atoms with E-state index >= 15 is 0 Å². The van der Waals surface area contributed by atoms with Gasteiger partial charge in [-0.05, 0) is 6.07 Å². The molecule has 0 aliphatic rings. The molecule has 0 N–H and O–H groups in total. The third-order valence-electron chi connectivity index (χ3n) is 3.09. The first kappa shape index (κ1) is 15.3. The summed E-state index contributed by atoms with van der Waals surface area (Å²) < 4.78 is 0. The lowest BCUT2D eigenvalue weighted by atomic mass is 10.1. The third-order valence-corrected chi connectivity index (χ3v) is 3.66. The van der Waals surface area contributed by atoms with Crippen LogP contribution in [0.2, 0.25) is 10.0 Å². The molecule has 6 nitrogen and oxygen atoms in total. The van der Waals surface area contributed by atoms with Crippen LogP contribution in [0.1, 0.15) is 0 Å². The number of nitro groups is 1. The topological polar surface area (TPSA) is 81.8 Å². The SMILES string of the molecule is O=[N+]([O-])c1cccc(-c2ccnc(-c3c(Cl)cncc3Cl)n2)c1. The van der Waals surface area contributed by atoms with Gasteiger partial charge in [0.15, 0.2) is 5.82 Å². The number of hydrogen-bond acceptors (Lipinski definition) is 5. The van der Waals surface area contributed by atoms with E-state index in [0.717, 1.165) is 0 Å². The van der Waals surface area contributed by atoms with Gasteiger partial charge in [0.1, 0.15) is 0 Å². The van der Waals surface area contributed by atoms with Crippen LogP contribution in [0.4, 0.5) is 5.69 Å². The Morgan fingerprint density at radius 3 is 2.52 bits per heavy atom. The molecule has 3 rings (SSSR count). The van der Waals surface area contributed by atoms with Crippen LogP contribution in [0.3, 0.4) is 0 Å². The van der Waals surface area contributed by atoms with E-state index in [1.54, 1.807) is 24.4 Å². The summed E-state index contributed by atoms with van der Waals surface area (Å²) in [5.41, 5.74) is 1.59.